The number of aryl methyl sites for hydroxylation is 1. The van der Waals surface area contributed by atoms with Gasteiger partial charge in [-0.25, -0.2) is 4.79 Å². The molecule has 2 aromatic carbocycles. The minimum atomic E-state index is -0.0994. The molecule has 1 aromatic heterocycles. The second-order valence-corrected chi connectivity index (χ2v) is 9.08. The molecule has 1 atom stereocenters. The van der Waals surface area contributed by atoms with Crippen molar-refractivity contribution in [1.29, 1.82) is 0 Å². The highest BCUT2D eigenvalue weighted by molar-refractivity contribution is 5.90. The van der Waals surface area contributed by atoms with Crippen LogP contribution in [0.5, 0.6) is 0 Å². The number of anilines is 1. The maximum Gasteiger partial charge on any atom is 0.322 e. The molecule has 0 fully saturated rings. The van der Waals surface area contributed by atoms with Gasteiger partial charge in [0.05, 0.1) is 6.04 Å². The van der Waals surface area contributed by atoms with Gasteiger partial charge in [0.1, 0.15) is 0 Å². The Morgan fingerprint density at radius 1 is 1.00 bits per heavy atom. The molecule has 0 bridgehead atoms. The van der Waals surface area contributed by atoms with Crippen LogP contribution in [0.3, 0.4) is 0 Å². The Morgan fingerprint density at radius 2 is 1.70 bits per heavy atom. The molecule has 30 heavy (non-hydrogen) atoms. The Labute approximate surface area is 179 Å². The van der Waals surface area contributed by atoms with Crippen molar-refractivity contribution in [2.45, 2.75) is 52.1 Å². The Hall–Kier alpha value is -3.01. The lowest BCUT2D eigenvalue weighted by Crippen LogP contribution is -2.44. The number of fused-ring (bicyclic) bond motifs is 1. The molecule has 0 unspecified atom stereocenters. The van der Waals surface area contributed by atoms with E-state index in [2.05, 4.69) is 92.3 Å². The number of hydrogen-bond donors (Lipinski definition) is 1. The molecule has 156 valence electrons. The molecule has 0 saturated heterocycles. The number of amides is 2. The maximum atomic E-state index is 13.3. The highest BCUT2D eigenvalue weighted by Crippen LogP contribution is 2.34. The first-order valence-corrected chi connectivity index (χ1v) is 10.8. The van der Waals surface area contributed by atoms with Crippen LogP contribution < -0.4 is 5.32 Å². The topological polar surface area (TPSA) is 37.3 Å². The van der Waals surface area contributed by atoms with Gasteiger partial charge in [0.15, 0.2) is 0 Å². The third-order valence-corrected chi connectivity index (χ3v) is 6.01. The van der Waals surface area contributed by atoms with E-state index in [1.54, 1.807) is 0 Å². The zero-order valence-electron chi connectivity index (χ0n) is 18.4. The summed E-state index contributed by atoms with van der Waals surface area (Å²) in [4.78, 5) is 15.2. The molecule has 0 saturated carbocycles. The summed E-state index contributed by atoms with van der Waals surface area (Å²) in [6.07, 6.45) is 3.09. The van der Waals surface area contributed by atoms with Crippen molar-refractivity contribution in [3.63, 3.8) is 0 Å². The summed E-state index contributed by atoms with van der Waals surface area (Å²) in [5.41, 5.74) is 5.79. The van der Waals surface area contributed by atoms with Gasteiger partial charge in [-0.05, 0) is 52.8 Å². The predicted octanol–water partition coefficient (Wildman–Crippen LogP) is 5.99. The number of carbonyl (C=O) groups excluding carboxylic acids is 1. The number of hydrogen-bond acceptors (Lipinski definition) is 1. The molecule has 3 aromatic rings. The van der Waals surface area contributed by atoms with Crippen LogP contribution >= 0.6 is 0 Å². The smallest absolute Gasteiger partial charge is 0.322 e. The van der Waals surface area contributed by atoms with Gasteiger partial charge in [0, 0.05) is 30.7 Å². The number of carbonyl (C=O) groups is 1. The second-order valence-electron chi connectivity index (χ2n) is 9.08. The Balaban J connectivity index is 1.63. The van der Waals surface area contributed by atoms with Crippen LogP contribution in [0.25, 0.3) is 0 Å². The van der Waals surface area contributed by atoms with Gasteiger partial charge in [0.2, 0.25) is 0 Å². The molecule has 2 heterocycles. The van der Waals surface area contributed by atoms with E-state index in [1.807, 2.05) is 17.0 Å². The summed E-state index contributed by atoms with van der Waals surface area (Å²) in [7, 11) is 0. The fourth-order valence-corrected chi connectivity index (χ4v) is 4.14. The van der Waals surface area contributed by atoms with Gasteiger partial charge in [-0.3, -0.25) is 0 Å². The molecule has 1 aliphatic heterocycles. The molecule has 0 aliphatic carbocycles. The van der Waals surface area contributed by atoms with E-state index in [9.17, 15) is 4.79 Å². The molecule has 4 rings (SSSR count). The molecular weight excluding hydrogens is 370 g/mol. The van der Waals surface area contributed by atoms with Crippen molar-refractivity contribution in [3.8, 4) is 0 Å². The summed E-state index contributed by atoms with van der Waals surface area (Å²) >= 11 is 0. The minimum Gasteiger partial charge on any atom is -0.348 e. The number of nitrogens with zero attached hydrogens (tertiary/aromatic N) is 2. The summed E-state index contributed by atoms with van der Waals surface area (Å²) in [6.45, 7) is 10.3. The van der Waals surface area contributed by atoms with Gasteiger partial charge in [0.25, 0.3) is 0 Å². The van der Waals surface area contributed by atoms with Crippen molar-refractivity contribution in [1.82, 2.24) is 9.47 Å². The van der Waals surface area contributed by atoms with Gasteiger partial charge < -0.3 is 14.8 Å². The Morgan fingerprint density at radius 3 is 2.33 bits per heavy atom. The van der Waals surface area contributed by atoms with E-state index in [1.165, 1.54) is 11.1 Å². The summed E-state index contributed by atoms with van der Waals surface area (Å²) < 4.78 is 2.25. The zero-order chi connectivity index (χ0) is 21.3. The number of rotatable bonds is 3. The van der Waals surface area contributed by atoms with Crippen molar-refractivity contribution in [2.24, 2.45) is 0 Å². The molecule has 0 radical (unpaired) electrons. The van der Waals surface area contributed by atoms with E-state index in [0.717, 1.165) is 29.9 Å². The van der Waals surface area contributed by atoms with Gasteiger partial charge in [-0.15, -0.1) is 0 Å². The minimum absolute atomic E-state index is 0.0587. The molecule has 4 nitrogen and oxygen atoms in total. The third-order valence-electron chi connectivity index (χ3n) is 6.01. The number of urea groups is 1. The van der Waals surface area contributed by atoms with Crippen LogP contribution in [0.2, 0.25) is 0 Å². The molecule has 4 heteroatoms. The largest absolute Gasteiger partial charge is 0.348 e. The molecule has 1 N–H and O–H groups in total. The highest BCUT2D eigenvalue weighted by Gasteiger charge is 2.32. The van der Waals surface area contributed by atoms with Crippen molar-refractivity contribution >= 4 is 11.7 Å². The summed E-state index contributed by atoms with van der Waals surface area (Å²) in [6, 6.07) is 20.9. The number of benzene rings is 2. The van der Waals surface area contributed by atoms with Crippen LogP contribution in [-0.2, 0) is 18.4 Å². The fraction of sp³-hybridized carbons (Fsp3) is 0.346. The summed E-state index contributed by atoms with van der Waals surface area (Å²) in [5, 5.41) is 3.10. The van der Waals surface area contributed by atoms with E-state index < -0.39 is 0 Å². The standard InChI is InChI=1S/C26H31N3O/c1-5-19-8-14-22(15-9-19)27-25(30)29-18-17-28-16-6-7-23(28)24(29)20-10-12-21(13-11-20)26(2,3)4/h6-16,24H,5,17-18H2,1-4H3,(H,27,30)/t24-/m1/s1. The van der Waals surface area contributed by atoms with E-state index in [4.69, 9.17) is 0 Å². The van der Waals surface area contributed by atoms with Gasteiger partial charge in [-0.2, -0.15) is 0 Å². The Kier molecular flexibility index (Phi) is 5.42. The maximum absolute atomic E-state index is 13.3. The second kappa shape index (κ2) is 8.02. The lowest BCUT2D eigenvalue weighted by molar-refractivity contribution is 0.182. The lowest BCUT2D eigenvalue weighted by Gasteiger charge is -2.37. The zero-order valence-corrected chi connectivity index (χ0v) is 18.4. The quantitative estimate of drug-likeness (QED) is 0.575. The first-order chi connectivity index (χ1) is 14.4. The van der Waals surface area contributed by atoms with Gasteiger partial charge >= 0.3 is 6.03 Å². The van der Waals surface area contributed by atoms with Crippen LogP contribution in [0.1, 0.15) is 56.1 Å². The summed E-state index contributed by atoms with van der Waals surface area (Å²) in [5.74, 6) is 0. The van der Waals surface area contributed by atoms with E-state index in [0.29, 0.717) is 6.54 Å². The number of aromatic nitrogens is 1. The Bertz CT molecular complexity index is 1010. The molecule has 1 aliphatic rings. The average Bonchev–Trinajstić information content (AvgIpc) is 3.22. The van der Waals surface area contributed by atoms with Crippen molar-refractivity contribution in [2.75, 3.05) is 11.9 Å². The van der Waals surface area contributed by atoms with Crippen molar-refractivity contribution in [3.05, 3.63) is 89.2 Å². The molecular formula is C26H31N3O. The number of nitrogens with one attached hydrogen (secondary N) is 1. The SMILES string of the molecule is CCc1ccc(NC(=O)N2CCn3cccc3[C@H]2c2ccc(C(C)(C)C)cc2)cc1. The molecule has 0 spiro atoms. The normalized spacial score (nSPS) is 16.3. The van der Waals surface area contributed by atoms with Gasteiger partial charge in [-0.1, -0.05) is 64.1 Å². The third kappa shape index (κ3) is 4.00. The first-order valence-electron chi connectivity index (χ1n) is 10.8. The van der Waals surface area contributed by atoms with Crippen molar-refractivity contribution < 1.29 is 4.79 Å². The van der Waals surface area contributed by atoms with Crippen LogP contribution in [-0.4, -0.2) is 22.0 Å². The molecule has 2 amide bonds. The first kappa shape index (κ1) is 20.3. The predicted molar refractivity (Wildman–Crippen MR) is 123 cm³/mol. The van der Waals surface area contributed by atoms with E-state index in [-0.39, 0.29) is 17.5 Å². The van der Waals surface area contributed by atoms with Crippen LogP contribution in [0.15, 0.2) is 66.9 Å². The van der Waals surface area contributed by atoms with E-state index >= 15 is 0 Å². The average molecular weight is 402 g/mol. The fourth-order valence-electron chi connectivity index (χ4n) is 4.14. The monoisotopic (exact) mass is 401 g/mol. The van der Waals surface area contributed by atoms with Crippen LogP contribution in [0.4, 0.5) is 10.5 Å². The van der Waals surface area contributed by atoms with Crippen LogP contribution in [0, 0.1) is 0 Å². The highest BCUT2D eigenvalue weighted by atomic mass is 16.2. The lowest BCUT2D eigenvalue weighted by atomic mass is 9.86.